The molecule has 1 aromatic heterocycles. The third kappa shape index (κ3) is 4.30. The number of aryl methyl sites for hydroxylation is 2. The van der Waals surface area contributed by atoms with Gasteiger partial charge < -0.3 is 5.32 Å². The van der Waals surface area contributed by atoms with Crippen molar-refractivity contribution >= 4 is 60.3 Å². The van der Waals surface area contributed by atoms with E-state index in [2.05, 4.69) is 10.0 Å². The number of hydrogen-bond acceptors (Lipinski definition) is 4. The number of amides is 1. The molecule has 0 radical (unpaired) electrons. The summed E-state index contributed by atoms with van der Waals surface area (Å²) in [5, 5.41) is 4.02. The number of nitrogens with one attached hydrogen (secondary N) is 2. The lowest BCUT2D eigenvalue weighted by molar-refractivity contribution is 0.103. The van der Waals surface area contributed by atoms with Crippen molar-refractivity contribution in [3.63, 3.8) is 0 Å². The number of sulfonamides is 1. The molecule has 0 atom stereocenters. The van der Waals surface area contributed by atoms with Crippen molar-refractivity contribution in [1.82, 2.24) is 0 Å². The zero-order valence-electron chi connectivity index (χ0n) is 16.8. The van der Waals surface area contributed by atoms with E-state index in [4.69, 9.17) is 11.6 Å². The Morgan fingerprint density at radius 2 is 1.55 bits per heavy atom. The molecule has 0 aliphatic rings. The number of fused-ring (bicyclic) bond motifs is 1. The first kappa shape index (κ1) is 21.4. The van der Waals surface area contributed by atoms with E-state index in [-0.39, 0.29) is 10.8 Å². The molecule has 0 bridgehead atoms. The van der Waals surface area contributed by atoms with Crippen molar-refractivity contribution in [1.29, 1.82) is 0 Å². The van der Waals surface area contributed by atoms with Crippen molar-refractivity contribution in [2.45, 2.75) is 18.7 Å². The van der Waals surface area contributed by atoms with Crippen LogP contribution in [0, 0.1) is 13.8 Å². The van der Waals surface area contributed by atoms with Gasteiger partial charge in [0.05, 0.1) is 15.6 Å². The summed E-state index contributed by atoms with van der Waals surface area (Å²) in [5.41, 5.74) is 2.73. The predicted octanol–water partition coefficient (Wildman–Crippen LogP) is 6.22. The van der Waals surface area contributed by atoms with Crippen LogP contribution in [-0.4, -0.2) is 14.3 Å². The van der Waals surface area contributed by atoms with Crippen LogP contribution in [0.2, 0.25) is 5.02 Å². The van der Waals surface area contributed by atoms with Crippen LogP contribution in [0.5, 0.6) is 0 Å². The number of halogens is 1. The lowest BCUT2D eigenvalue weighted by atomic mass is 10.1. The van der Waals surface area contributed by atoms with Gasteiger partial charge in [0.25, 0.3) is 15.9 Å². The minimum absolute atomic E-state index is 0.105. The highest BCUT2D eigenvalue weighted by Crippen LogP contribution is 2.35. The topological polar surface area (TPSA) is 75.3 Å². The van der Waals surface area contributed by atoms with E-state index in [9.17, 15) is 13.2 Å². The fraction of sp³-hybridized carbons (Fsp3) is 0.0870. The highest BCUT2D eigenvalue weighted by Gasteiger charge is 2.19. The molecule has 0 aliphatic carbocycles. The van der Waals surface area contributed by atoms with Gasteiger partial charge in [0.1, 0.15) is 4.88 Å². The third-order valence-electron chi connectivity index (χ3n) is 4.88. The van der Waals surface area contributed by atoms with Crippen molar-refractivity contribution in [2.75, 3.05) is 10.0 Å². The van der Waals surface area contributed by atoms with Crippen LogP contribution in [0.4, 0.5) is 11.4 Å². The van der Waals surface area contributed by atoms with E-state index in [1.807, 2.05) is 56.3 Å². The molecule has 3 aromatic carbocycles. The summed E-state index contributed by atoms with van der Waals surface area (Å²) in [5.74, 6) is -0.338. The summed E-state index contributed by atoms with van der Waals surface area (Å²) in [6, 6.07) is 19.1. The first-order chi connectivity index (χ1) is 14.8. The number of carbonyl (C=O) groups is 1. The lowest BCUT2D eigenvalue weighted by Crippen LogP contribution is -2.15. The minimum atomic E-state index is -3.76. The number of rotatable bonds is 5. The molecule has 31 heavy (non-hydrogen) atoms. The maximum atomic E-state index is 12.8. The Kier molecular flexibility index (Phi) is 5.75. The van der Waals surface area contributed by atoms with E-state index < -0.39 is 10.0 Å². The fourth-order valence-electron chi connectivity index (χ4n) is 3.23. The molecule has 8 heteroatoms. The summed E-state index contributed by atoms with van der Waals surface area (Å²) < 4.78 is 29.2. The van der Waals surface area contributed by atoms with Crippen LogP contribution in [-0.2, 0) is 10.0 Å². The van der Waals surface area contributed by atoms with Crippen molar-refractivity contribution < 1.29 is 13.2 Å². The monoisotopic (exact) mass is 470 g/mol. The SMILES string of the molecule is Cc1cccc(C)c1NS(=O)(=O)c1ccc(NC(=O)c2sc3ccccc3c2Cl)cc1. The van der Waals surface area contributed by atoms with Gasteiger partial charge in [-0.1, -0.05) is 48.0 Å². The maximum Gasteiger partial charge on any atom is 0.267 e. The molecule has 1 heterocycles. The Labute approximate surface area is 189 Å². The van der Waals surface area contributed by atoms with Crippen molar-refractivity contribution in [3.8, 4) is 0 Å². The molecule has 0 saturated heterocycles. The minimum Gasteiger partial charge on any atom is -0.321 e. The Hall–Kier alpha value is -2.87. The first-order valence-electron chi connectivity index (χ1n) is 9.44. The number of anilines is 2. The Bertz CT molecular complexity index is 1370. The normalized spacial score (nSPS) is 11.5. The van der Waals surface area contributed by atoms with Gasteiger partial charge in [0.2, 0.25) is 0 Å². The highest BCUT2D eigenvalue weighted by molar-refractivity contribution is 7.92. The number of thiophene rings is 1. The molecule has 1 amide bonds. The second kappa shape index (κ2) is 8.34. The van der Waals surface area contributed by atoms with Crippen LogP contribution in [0.3, 0.4) is 0 Å². The van der Waals surface area contributed by atoms with Gasteiger partial charge in [-0.3, -0.25) is 9.52 Å². The summed E-state index contributed by atoms with van der Waals surface area (Å²) in [6.07, 6.45) is 0. The van der Waals surface area contributed by atoms with Crippen LogP contribution >= 0.6 is 22.9 Å². The second-order valence-electron chi connectivity index (χ2n) is 7.09. The van der Waals surface area contributed by atoms with Gasteiger partial charge in [-0.05, 0) is 55.3 Å². The van der Waals surface area contributed by atoms with Gasteiger partial charge in [0, 0.05) is 15.8 Å². The van der Waals surface area contributed by atoms with Crippen LogP contribution in [0.15, 0.2) is 71.6 Å². The zero-order chi connectivity index (χ0) is 22.2. The summed E-state index contributed by atoms with van der Waals surface area (Å²) in [4.78, 5) is 13.2. The molecule has 0 spiro atoms. The van der Waals surface area contributed by atoms with Gasteiger partial charge in [-0.25, -0.2) is 8.42 Å². The number of hydrogen-bond donors (Lipinski definition) is 2. The van der Waals surface area contributed by atoms with Crippen LogP contribution in [0.1, 0.15) is 20.8 Å². The largest absolute Gasteiger partial charge is 0.321 e. The van der Waals surface area contributed by atoms with Crippen LogP contribution < -0.4 is 10.0 Å². The molecular formula is C23H19ClN2O3S2. The highest BCUT2D eigenvalue weighted by atomic mass is 35.5. The maximum absolute atomic E-state index is 12.8. The van der Waals surface area contributed by atoms with Gasteiger partial charge in [-0.15, -0.1) is 11.3 Å². The molecule has 158 valence electrons. The molecule has 0 saturated carbocycles. The number of carbonyl (C=O) groups excluding carboxylic acids is 1. The van der Waals surface area contributed by atoms with Crippen molar-refractivity contribution in [2.24, 2.45) is 0 Å². The van der Waals surface area contributed by atoms with Gasteiger partial charge >= 0.3 is 0 Å². The quantitative estimate of drug-likeness (QED) is 0.363. The molecule has 0 aliphatic heterocycles. The smallest absolute Gasteiger partial charge is 0.267 e. The van der Waals surface area contributed by atoms with E-state index >= 15 is 0 Å². The number of benzene rings is 3. The molecule has 0 unspecified atom stereocenters. The second-order valence-corrected chi connectivity index (χ2v) is 10.2. The summed E-state index contributed by atoms with van der Waals surface area (Å²) in [7, 11) is -3.76. The Morgan fingerprint density at radius 3 is 2.19 bits per heavy atom. The molecular weight excluding hydrogens is 452 g/mol. The summed E-state index contributed by atoms with van der Waals surface area (Å²) in [6.45, 7) is 3.70. The van der Waals surface area contributed by atoms with E-state index in [0.29, 0.717) is 21.3 Å². The van der Waals surface area contributed by atoms with E-state index in [1.54, 1.807) is 12.1 Å². The summed E-state index contributed by atoms with van der Waals surface area (Å²) >= 11 is 7.68. The standard InChI is InChI=1S/C23H19ClN2O3S2/c1-14-6-5-7-15(2)21(14)26-31(28,29)17-12-10-16(11-13-17)25-23(27)22-20(24)18-8-3-4-9-19(18)30-22/h3-13,26H,1-2H3,(H,25,27). The van der Waals surface area contributed by atoms with Crippen molar-refractivity contribution in [3.05, 3.63) is 87.8 Å². The van der Waals surface area contributed by atoms with E-state index in [0.717, 1.165) is 21.2 Å². The Morgan fingerprint density at radius 1 is 0.903 bits per heavy atom. The first-order valence-corrected chi connectivity index (χ1v) is 12.1. The van der Waals surface area contributed by atoms with Gasteiger partial charge in [0.15, 0.2) is 0 Å². The van der Waals surface area contributed by atoms with E-state index in [1.165, 1.54) is 23.5 Å². The lowest BCUT2D eigenvalue weighted by Gasteiger charge is -2.13. The zero-order valence-corrected chi connectivity index (χ0v) is 19.2. The number of para-hydroxylation sites is 1. The average molecular weight is 471 g/mol. The van der Waals surface area contributed by atoms with Gasteiger partial charge in [-0.2, -0.15) is 0 Å². The van der Waals surface area contributed by atoms with Crippen LogP contribution in [0.25, 0.3) is 10.1 Å². The molecule has 4 rings (SSSR count). The molecule has 4 aromatic rings. The molecule has 0 fully saturated rings. The Balaban J connectivity index is 1.53. The third-order valence-corrected chi connectivity index (χ3v) is 7.92. The predicted molar refractivity (Wildman–Crippen MR) is 128 cm³/mol. The molecule has 5 nitrogen and oxygen atoms in total. The fourth-order valence-corrected chi connectivity index (χ4v) is 5.85. The average Bonchev–Trinajstić information content (AvgIpc) is 3.08. The molecule has 2 N–H and O–H groups in total.